The summed E-state index contributed by atoms with van der Waals surface area (Å²) in [6.45, 7) is 0. The zero-order chi connectivity index (χ0) is 21.1. The third-order valence-corrected chi connectivity index (χ3v) is 6.34. The van der Waals surface area contributed by atoms with Crippen LogP contribution in [0.4, 0.5) is 0 Å². The third kappa shape index (κ3) is 2.33. The number of pyridine rings is 1. The van der Waals surface area contributed by atoms with E-state index in [1.807, 2.05) is 18.3 Å². The second kappa shape index (κ2) is 6.56. The Hall–Kier alpha value is -4.37. The van der Waals surface area contributed by atoms with E-state index in [9.17, 15) is 0 Å². The van der Waals surface area contributed by atoms with Crippen molar-refractivity contribution in [2.45, 2.75) is 0 Å². The minimum atomic E-state index is 0.901. The van der Waals surface area contributed by atoms with Crippen LogP contribution in [0.25, 0.3) is 60.5 Å². The topological polar surface area (TPSA) is 31.0 Å². The van der Waals surface area contributed by atoms with E-state index in [-0.39, 0.29) is 0 Å². The first kappa shape index (κ1) is 17.3. The molecule has 7 rings (SSSR count). The standard InChI is InChI=1S/C29H18N2O/c1-2-8-19(9-3-1)24-18-30-29(21-11-5-4-10-20(21)24)31-25-13-7-6-12-22(25)28-23-16-17-32-27(23)15-14-26(28)31/h1-18H. The van der Waals surface area contributed by atoms with Crippen LogP contribution in [0.5, 0.6) is 0 Å². The van der Waals surface area contributed by atoms with E-state index >= 15 is 0 Å². The number of nitrogens with zero attached hydrogens (tertiary/aromatic N) is 2. The molecule has 0 spiro atoms. The van der Waals surface area contributed by atoms with Gasteiger partial charge >= 0.3 is 0 Å². The first-order chi connectivity index (χ1) is 15.9. The lowest BCUT2D eigenvalue weighted by Gasteiger charge is -2.13. The lowest BCUT2D eigenvalue weighted by molar-refractivity contribution is 0.616. The molecule has 0 saturated carbocycles. The highest BCUT2D eigenvalue weighted by Crippen LogP contribution is 2.39. The van der Waals surface area contributed by atoms with Crippen LogP contribution >= 0.6 is 0 Å². The predicted molar refractivity (Wildman–Crippen MR) is 131 cm³/mol. The van der Waals surface area contributed by atoms with Gasteiger partial charge in [-0.1, -0.05) is 72.8 Å². The molecule has 0 aliphatic rings. The first-order valence-electron chi connectivity index (χ1n) is 10.7. The molecular weight excluding hydrogens is 392 g/mol. The smallest absolute Gasteiger partial charge is 0.145 e. The number of aromatic nitrogens is 2. The highest BCUT2D eigenvalue weighted by atomic mass is 16.3. The summed E-state index contributed by atoms with van der Waals surface area (Å²) in [5, 5.41) is 5.85. The Morgan fingerprint density at radius 3 is 2.22 bits per heavy atom. The van der Waals surface area contributed by atoms with Crippen molar-refractivity contribution in [3.8, 4) is 16.9 Å². The second-order valence-corrected chi connectivity index (χ2v) is 8.05. The van der Waals surface area contributed by atoms with E-state index in [0.717, 1.165) is 38.8 Å². The molecule has 0 unspecified atom stereocenters. The van der Waals surface area contributed by atoms with Crippen LogP contribution in [0.3, 0.4) is 0 Å². The van der Waals surface area contributed by atoms with Crippen molar-refractivity contribution in [2.75, 3.05) is 0 Å². The molecule has 150 valence electrons. The molecule has 0 saturated heterocycles. The van der Waals surface area contributed by atoms with E-state index in [0.29, 0.717) is 0 Å². The Kier molecular flexibility index (Phi) is 3.55. The van der Waals surface area contributed by atoms with Crippen molar-refractivity contribution >= 4 is 43.5 Å². The van der Waals surface area contributed by atoms with Gasteiger partial charge in [-0.05, 0) is 35.2 Å². The summed E-state index contributed by atoms with van der Waals surface area (Å²) in [5.74, 6) is 0.939. The van der Waals surface area contributed by atoms with E-state index < -0.39 is 0 Å². The first-order valence-corrected chi connectivity index (χ1v) is 10.7. The molecule has 7 aromatic rings. The van der Waals surface area contributed by atoms with Gasteiger partial charge < -0.3 is 4.42 Å². The van der Waals surface area contributed by atoms with Crippen LogP contribution < -0.4 is 0 Å². The zero-order valence-electron chi connectivity index (χ0n) is 17.2. The summed E-state index contributed by atoms with van der Waals surface area (Å²) >= 11 is 0. The van der Waals surface area contributed by atoms with Crippen molar-refractivity contribution in [3.05, 3.63) is 110 Å². The normalized spacial score (nSPS) is 11.8. The molecule has 0 aliphatic heterocycles. The average Bonchev–Trinajstić information content (AvgIpc) is 3.46. The number of benzene rings is 4. The van der Waals surface area contributed by atoms with Crippen molar-refractivity contribution in [3.63, 3.8) is 0 Å². The minimum Gasteiger partial charge on any atom is -0.464 e. The fourth-order valence-electron chi connectivity index (χ4n) is 4.94. The largest absolute Gasteiger partial charge is 0.464 e. The number of para-hydroxylation sites is 1. The number of fused-ring (bicyclic) bond motifs is 6. The molecule has 32 heavy (non-hydrogen) atoms. The molecule has 3 nitrogen and oxygen atoms in total. The fourth-order valence-corrected chi connectivity index (χ4v) is 4.94. The Morgan fingerprint density at radius 1 is 0.594 bits per heavy atom. The van der Waals surface area contributed by atoms with Gasteiger partial charge in [-0.3, -0.25) is 4.57 Å². The molecule has 3 aromatic heterocycles. The Morgan fingerprint density at radius 2 is 1.34 bits per heavy atom. The van der Waals surface area contributed by atoms with Crippen LogP contribution in [0, 0.1) is 0 Å². The molecule has 3 heterocycles. The fraction of sp³-hybridized carbons (Fsp3) is 0. The average molecular weight is 410 g/mol. The van der Waals surface area contributed by atoms with E-state index in [1.165, 1.54) is 21.7 Å². The van der Waals surface area contributed by atoms with E-state index in [1.54, 1.807) is 6.26 Å². The van der Waals surface area contributed by atoms with Gasteiger partial charge in [0.1, 0.15) is 11.4 Å². The minimum absolute atomic E-state index is 0.901. The van der Waals surface area contributed by atoms with Crippen molar-refractivity contribution in [2.24, 2.45) is 0 Å². The van der Waals surface area contributed by atoms with Crippen molar-refractivity contribution in [1.82, 2.24) is 9.55 Å². The van der Waals surface area contributed by atoms with Gasteiger partial charge in [0.05, 0.1) is 17.3 Å². The Balaban J connectivity index is 1.63. The highest BCUT2D eigenvalue weighted by molar-refractivity contribution is 6.21. The summed E-state index contributed by atoms with van der Waals surface area (Å²) in [6, 6.07) is 33.8. The van der Waals surface area contributed by atoms with Gasteiger partial charge in [-0.15, -0.1) is 0 Å². The van der Waals surface area contributed by atoms with Crippen LogP contribution in [0.15, 0.2) is 114 Å². The van der Waals surface area contributed by atoms with Crippen LogP contribution in [-0.4, -0.2) is 9.55 Å². The molecule has 4 aromatic carbocycles. The second-order valence-electron chi connectivity index (χ2n) is 8.05. The number of rotatable bonds is 2. The number of hydrogen-bond acceptors (Lipinski definition) is 2. The Labute approximate surface area is 184 Å². The quantitative estimate of drug-likeness (QED) is 0.292. The maximum atomic E-state index is 5.70. The van der Waals surface area contributed by atoms with E-state index in [2.05, 4.69) is 89.5 Å². The predicted octanol–water partition coefficient (Wildman–Crippen LogP) is 7.75. The van der Waals surface area contributed by atoms with Crippen LogP contribution in [0.2, 0.25) is 0 Å². The summed E-state index contributed by atoms with van der Waals surface area (Å²) in [6.07, 6.45) is 3.77. The van der Waals surface area contributed by atoms with Crippen molar-refractivity contribution in [1.29, 1.82) is 0 Å². The van der Waals surface area contributed by atoms with Crippen LogP contribution in [-0.2, 0) is 0 Å². The number of hydrogen-bond donors (Lipinski definition) is 0. The molecule has 0 N–H and O–H groups in total. The van der Waals surface area contributed by atoms with E-state index in [4.69, 9.17) is 9.40 Å². The van der Waals surface area contributed by atoms with Crippen LogP contribution in [0.1, 0.15) is 0 Å². The van der Waals surface area contributed by atoms with Crippen molar-refractivity contribution < 1.29 is 4.42 Å². The highest BCUT2D eigenvalue weighted by Gasteiger charge is 2.18. The third-order valence-electron chi connectivity index (χ3n) is 6.34. The van der Waals surface area contributed by atoms with Gasteiger partial charge in [0, 0.05) is 33.3 Å². The molecule has 0 aliphatic carbocycles. The lowest BCUT2D eigenvalue weighted by atomic mass is 10.0. The molecule has 0 bridgehead atoms. The molecule has 3 heteroatoms. The SMILES string of the molecule is c1ccc(-c2cnc(-n3c4ccccc4c4c5ccoc5ccc43)c3ccccc23)cc1. The van der Waals surface area contributed by atoms with Gasteiger partial charge in [-0.2, -0.15) is 0 Å². The monoisotopic (exact) mass is 410 g/mol. The summed E-state index contributed by atoms with van der Waals surface area (Å²) in [5.41, 5.74) is 5.48. The maximum absolute atomic E-state index is 5.70. The Bertz CT molecular complexity index is 1770. The molecule has 0 atom stereocenters. The molecule has 0 amide bonds. The maximum Gasteiger partial charge on any atom is 0.145 e. The molecule has 0 fully saturated rings. The number of furan rings is 1. The summed E-state index contributed by atoms with van der Waals surface area (Å²) in [4.78, 5) is 5.03. The molecular formula is C29H18N2O. The van der Waals surface area contributed by atoms with Gasteiger partial charge in [-0.25, -0.2) is 4.98 Å². The zero-order valence-corrected chi connectivity index (χ0v) is 17.2. The molecule has 0 radical (unpaired) electrons. The lowest BCUT2D eigenvalue weighted by Crippen LogP contribution is -1.99. The van der Waals surface area contributed by atoms with Gasteiger partial charge in [0.25, 0.3) is 0 Å². The summed E-state index contributed by atoms with van der Waals surface area (Å²) in [7, 11) is 0. The van der Waals surface area contributed by atoms with Gasteiger partial charge in [0.15, 0.2) is 0 Å². The van der Waals surface area contributed by atoms with Gasteiger partial charge in [0.2, 0.25) is 0 Å². The summed E-state index contributed by atoms with van der Waals surface area (Å²) < 4.78 is 7.99.